The van der Waals surface area contributed by atoms with Crippen LogP contribution in [0.15, 0.2) is 23.0 Å². The summed E-state index contributed by atoms with van der Waals surface area (Å²) in [6, 6.07) is 1.60. The van der Waals surface area contributed by atoms with Crippen LogP contribution in [0.5, 0.6) is 0 Å². The highest BCUT2D eigenvalue weighted by molar-refractivity contribution is 7.15. The molecule has 0 fully saturated rings. The second-order valence-corrected chi connectivity index (χ2v) is 6.11. The van der Waals surface area contributed by atoms with Crippen molar-refractivity contribution in [2.24, 2.45) is 5.92 Å². The Balaban J connectivity index is 1.94. The number of aryl methyl sites for hydroxylation is 2. The van der Waals surface area contributed by atoms with Crippen molar-refractivity contribution in [1.29, 1.82) is 0 Å². The van der Waals surface area contributed by atoms with E-state index in [2.05, 4.69) is 10.3 Å². The Morgan fingerprint density at radius 3 is 2.81 bits per heavy atom. The van der Waals surface area contributed by atoms with Crippen molar-refractivity contribution >= 4 is 28.2 Å². The molecule has 2 aromatic heterocycles. The Kier molecular flexibility index (Phi) is 4.90. The summed E-state index contributed by atoms with van der Waals surface area (Å²) in [6.45, 7) is 5.74. The fourth-order valence-electron chi connectivity index (χ4n) is 1.95. The summed E-state index contributed by atoms with van der Waals surface area (Å²) in [4.78, 5) is 29.5. The summed E-state index contributed by atoms with van der Waals surface area (Å²) >= 11 is 1.46. The maximum Gasteiger partial charge on any atom is 0.229 e. The van der Waals surface area contributed by atoms with Gasteiger partial charge in [0.25, 0.3) is 0 Å². The number of nitrogens with one attached hydrogen (secondary N) is 1. The first kappa shape index (κ1) is 15.4. The predicted octanol–water partition coefficient (Wildman–Crippen LogP) is 3.45. The average Bonchev–Trinajstić information content (AvgIpc) is 3.08. The van der Waals surface area contributed by atoms with Gasteiger partial charge >= 0.3 is 0 Å². The first-order chi connectivity index (χ1) is 10.0. The van der Waals surface area contributed by atoms with Crippen LogP contribution < -0.4 is 5.32 Å². The number of rotatable bonds is 6. The third-order valence-electron chi connectivity index (χ3n) is 3.24. The molecule has 0 saturated carbocycles. The lowest BCUT2D eigenvalue weighted by atomic mass is 10.0. The molecule has 0 aliphatic carbocycles. The molecule has 2 heterocycles. The van der Waals surface area contributed by atoms with E-state index >= 15 is 0 Å². The molecule has 1 N–H and O–H groups in total. The molecule has 0 aliphatic heterocycles. The standard InChI is InChI=1S/C15H18N2O3S/c1-4-12-10(3)21-15(16-12)17-14(19)9(2)7-13(18)11-5-6-20-8-11/h5-6,8-9H,4,7H2,1-3H3,(H,16,17,19)/t9-/m0/s1. The van der Waals surface area contributed by atoms with Gasteiger partial charge in [0, 0.05) is 17.2 Å². The molecular formula is C15H18N2O3S. The van der Waals surface area contributed by atoms with Crippen LogP contribution in [0.3, 0.4) is 0 Å². The number of Topliss-reactive ketones (excluding diaryl/α,β-unsaturated/α-hetero) is 1. The number of amides is 1. The largest absolute Gasteiger partial charge is 0.472 e. The molecule has 1 atom stereocenters. The number of anilines is 1. The first-order valence-electron chi connectivity index (χ1n) is 6.83. The number of aromatic nitrogens is 1. The lowest BCUT2D eigenvalue weighted by Crippen LogP contribution is -2.22. The highest BCUT2D eigenvalue weighted by Crippen LogP contribution is 2.23. The highest BCUT2D eigenvalue weighted by Gasteiger charge is 2.20. The van der Waals surface area contributed by atoms with E-state index in [1.54, 1.807) is 13.0 Å². The van der Waals surface area contributed by atoms with Crippen LogP contribution in [-0.2, 0) is 11.2 Å². The summed E-state index contributed by atoms with van der Waals surface area (Å²) in [5.74, 6) is -0.708. The van der Waals surface area contributed by atoms with Gasteiger partial charge in [0.05, 0.1) is 17.5 Å². The Labute approximate surface area is 127 Å². The van der Waals surface area contributed by atoms with Gasteiger partial charge in [-0.2, -0.15) is 0 Å². The molecule has 0 bridgehead atoms. The Morgan fingerprint density at radius 1 is 1.48 bits per heavy atom. The number of hydrogen-bond acceptors (Lipinski definition) is 5. The van der Waals surface area contributed by atoms with Crippen molar-refractivity contribution in [2.45, 2.75) is 33.6 Å². The molecule has 0 unspecified atom stereocenters. The number of thiazole rings is 1. The third-order valence-corrected chi connectivity index (χ3v) is 4.17. The van der Waals surface area contributed by atoms with Crippen molar-refractivity contribution in [1.82, 2.24) is 4.98 Å². The van der Waals surface area contributed by atoms with Gasteiger partial charge in [0.1, 0.15) is 6.26 Å². The molecule has 0 aromatic carbocycles. The van der Waals surface area contributed by atoms with Crippen molar-refractivity contribution < 1.29 is 14.0 Å². The van der Waals surface area contributed by atoms with E-state index < -0.39 is 5.92 Å². The molecule has 2 rings (SSSR count). The van der Waals surface area contributed by atoms with Crippen molar-refractivity contribution in [3.63, 3.8) is 0 Å². The summed E-state index contributed by atoms with van der Waals surface area (Å²) < 4.78 is 4.87. The first-order valence-corrected chi connectivity index (χ1v) is 7.65. The smallest absolute Gasteiger partial charge is 0.229 e. The quantitative estimate of drug-likeness (QED) is 0.830. The monoisotopic (exact) mass is 306 g/mol. The van der Waals surface area contributed by atoms with Crippen LogP contribution in [0.25, 0.3) is 0 Å². The molecule has 0 aliphatic rings. The lowest BCUT2D eigenvalue weighted by molar-refractivity contribution is -0.119. The zero-order valence-electron chi connectivity index (χ0n) is 12.3. The summed E-state index contributed by atoms with van der Waals surface area (Å²) in [7, 11) is 0. The zero-order valence-corrected chi connectivity index (χ0v) is 13.1. The number of carbonyl (C=O) groups is 2. The topological polar surface area (TPSA) is 72.2 Å². The van der Waals surface area contributed by atoms with E-state index in [4.69, 9.17) is 4.42 Å². The molecule has 112 valence electrons. The number of carbonyl (C=O) groups excluding carboxylic acids is 2. The Bertz CT molecular complexity index is 631. The van der Waals surface area contributed by atoms with Gasteiger partial charge in [0.15, 0.2) is 10.9 Å². The van der Waals surface area contributed by atoms with Gasteiger partial charge < -0.3 is 9.73 Å². The number of nitrogens with zero attached hydrogens (tertiary/aromatic N) is 1. The minimum absolute atomic E-state index is 0.101. The zero-order chi connectivity index (χ0) is 15.4. The second kappa shape index (κ2) is 6.67. The van der Waals surface area contributed by atoms with Crippen LogP contribution in [0, 0.1) is 12.8 Å². The number of hydrogen-bond donors (Lipinski definition) is 1. The summed E-state index contributed by atoms with van der Waals surface area (Å²) in [6.07, 6.45) is 3.83. The van der Waals surface area contributed by atoms with E-state index in [-0.39, 0.29) is 18.1 Å². The lowest BCUT2D eigenvalue weighted by Gasteiger charge is -2.09. The number of furan rings is 1. The van der Waals surface area contributed by atoms with E-state index in [1.807, 2.05) is 13.8 Å². The molecule has 0 spiro atoms. The van der Waals surface area contributed by atoms with Crippen LogP contribution in [0.2, 0.25) is 0 Å². The SMILES string of the molecule is CCc1nc(NC(=O)[C@@H](C)CC(=O)c2ccoc2)sc1C. The van der Waals surface area contributed by atoms with Crippen LogP contribution in [0.4, 0.5) is 5.13 Å². The highest BCUT2D eigenvalue weighted by atomic mass is 32.1. The third kappa shape index (κ3) is 3.78. The molecule has 6 heteroatoms. The average molecular weight is 306 g/mol. The second-order valence-electron chi connectivity index (χ2n) is 4.91. The maximum atomic E-state index is 12.1. The van der Waals surface area contributed by atoms with Crippen molar-refractivity contribution in [2.75, 3.05) is 5.32 Å². The molecule has 2 aromatic rings. The van der Waals surface area contributed by atoms with Gasteiger partial charge in [-0.3, -0.25) is 9.59 Å². The summed E-state index contributed by atoms with van der Waals surface area (Å²) in [5, 5.41) is 3.38. The Hall–Kier alpha value is -1.95. The van der Waals surface area contributed by atoms with Gasteiger partial charge in [0.2, 0.25) is 5.91 Å². The molecule has 5 nitrogen and oxygen atoms in total. The fraction of sp³-hybridized carbons (Fsp3) is 0.400. The van der Waals surface area contributed by atoms with E-state index in [0.717, 1.165) is 17.0 Å². The van der Waals surface area contributed by atoms with Crippen LogP contribution >= 0.6 is 11.3 Å². The van der Waals surface area contributed by atoms with Crippen LogP contribution in [-0.4, -0.2) is 16.7 Å². The van der Waals surface area contributed by atoms with E-state index in [9.17, 15) is 9.59 Å². The van der Waals surface area contributed by atoms with Gasteiger partial charge in [-0.15, -0.1) is 11.3 Å². The van der Waals surface area contributed by atoms with Gasteiger partial charge in [-0.1, -0.05) is 13.8 Å². The molecular weight excluding hydrogens is 288 g/mol. The maximum absolute atomic E-state index is 12.1. The normalized spacial score (nSPS) is 12.1. The van der Waals surface area contributed by atoms with E-state index in [0.29, 0.717) is 10.7 Å². The molecule has 1 amide bonds. The molecule has 0 saturated heterocycles. The molecule has 0 radical (unpaired) electrons. The minimum atomic E-state index is -0.415. The van der Waals surface area contributed by atoms with Crippen molar-refractivity contribution in [3.05, 3.63) is 34.7 Å². The Morgan fingerprint density at radius 2 is 2.24 bits per heavy atom. The van der Waals surface area contributed by atoms with Crippen molar-refractivity contribution in [3.8, 4) is 0 Å². The van der Waals surface area contributed by atoms with Crippen LogP contribution in [0.1, 0.15) is 41.2 Å². The van der Waals surface area contributed by atoms with Gasteiger partial charge in [-0.25, -0.2) is 4.98 Å². The molecule has 21 heavy (non-hydrogen) atoms. The number of ketones is 1. The summed E-state index contributed by atoms with van der Waals surface area (Å²) in [5.41, 5.74) is 1.49. The van der Waals surface area contributed by atoms with Gasteiger partial charge in [-0.05, 0) is 19.4 Å². The van der Waals surface area contributed by atoms with E-state index in [1.165, 1.54) is 23.9 Å². The predicted molar refractivity (Wildman–Crippen MR) is 81.7 cm³/mol. The minimum Gasteiger partial charge on any atom is -0.472 e. The fourth-order valence-corrected chi connectivity index (χ4v) is 2.86.